The summed E-state index contributed by atoms with van der Waals surface area (Å²) in [7, 11) is 0. The van der Waals surface area contributed by atoms with Crippen molar-refractivity contribution in [1.82, 2.24) is 10.2 Å². The predicted molar refractivity (Wildman–Crippen MR) is 86.3 cm³/mol. The van der Waals surface area contributed by atoms with Crippen molar-refractivity contribution in [3.8, 4) is 6.07 Å². The van der Waals surface area contributed by atoms with Crippen LogP contribution in [0.1, 0.15) is 30.9 Å². The topological polar surface area (TPSA) is 49.6 Å². The van der Waals surface area contributed by atoms with E-state index in [9.17, 15) is 0 Å². The summed E-state index contributed by atoms with van der Waals surface area (Å²) in [5.41, 5.74) is 2.66. The number of rotatable bonds is 6. The summed E-state index contributed by atoms with van der Waals surface area (Å²) in [6.45, 7) is 4.40. The largest absolute Gasteiger partial charge is 0.197 e. The maximum absolute atomic E-state index is 8.53. The second-order valence-corrected chi connectivity index (χ2v) is 7.89. The van der Waals surface area contributed by atoms with Crippen molar-refractivity contribution in [2.75, 3.05) is 5.75 Å². The van der Waals surface area contributed by atoms with Crippen molar-refractivity contribution in [1.29, 1.82) is 5.26 Å². The van der Waals surface area contributed by atoms with E-state index in [1.165, 1.54) is 22.9 Å². The van der Waals surface area contributed by atoms with E-state index >= 15 is 0 Å². The molecule has 0 aliphatic rings. The molecule has 2 aromatic rings. The lowest BCUT2D eigenvalue weighted by Crippen LogP contribution is -1.87. The lowest BCUT2D eigenvalue weighted by atomic mass is 10.0. The Hall–Kier alpha value is -1.03. The fourth-order valence-electron chi connectivity index (χ4n) is 1.55. The molecule has 1 aromatic carbocycles. The minimum Gasteiger partial charge on any atom is -0.197 e. The van der Waals surface area contributed by atoms with Crippen LogP contribution in [0.3, 0.4) is 0 Å². The molecule has 20 heavy (non-hydrogen) atoms. The van der Waals surface area contributed by atoms with E-state index < -0.39 is 0 Å². The lowest BCUT2D eigenvalue weighted by Gasteiger charge is -2.05. The lowest BCUT2D eigenvalue weighted by molar-refractivity contribution is 0.866. The number of thioether (sulfide) groups is 2. The van der Waals surface area contributed by atoms with Gasteiger partial charge in [-0.15, -0.1) is 10.2 Å². The zero-order valence-electron chi connectivity index (χ0n) is 11.4. The molecular weight excluding hydrogens is 306 g/mol. The standard InChI is InChI=1S/C14H15N3S3/c1-10(2)12-5-3-11(4-6-12)9-19-14-17-16-13(20-14)18-8-7-15/h3-6,10H,8-9H2,1-2H3. The van der Waals surface area contributed by atoms with Crippen molar-refractivity contribution in [2.24, 2.45) is 0 Å². The Kier molecular flexibility index (Phi) is 5.89. The summed E-state index contributed by atoms with van der Waals surface area (Å²) >= 11 is 4.68. The molecule has 0 aliphatic carbocycles. The maximum Gasteiger partial charge on any atom is 0.176 e. The van der Waals surface area contributed by atoms with Gasteiger partial charge in [-0.25, -0.2) is 0 Å². The van der Waals surface area contributed by atoms with Crippen LogP contribution in [0, 0.1) is 11.3 Å². The first-order valence-corrected chi connectivity index (χ1v) is 9.02. The number of aromatic nitrogens is 2. The van der Waals surface area contributed by atoms with Gasteiger partial charge in [0.25, 0.3) is 0 Å². The number of hydrogen-bond acceptors (Lipinski definition) is 6. The first kappa shape index (κ1) is 15.4. The first-order chi connectivity index (χ1) is 9.69. The summed E-state index contributed by atoms with van der Waals surface area (Å²) < 4.78 is 1.82. The van der Waals surface area contributed by atoms with Crippen molar-refractivity contribution in [3.05, 3.63) is 35.4 Å². The fraction of sp³-hybridized carbons (Fsp3) is 0.357. The van der Waals surface area contributed by atoms with Crippen LogP contribution >= 0.6 is 34.9 Å². The second-order valence-electron chi connectivity index (χ2n) is 4.47. The molecule has 104 valence electrons. The molecular formula is C14H15N3S3. The molecule has 6 heteroatoms. The van der Waals surface area contributed by atoms with E-state index in [2.05, 4.69) is 54.4 Å². The maximum atomic E-state index is 8.53. The van der Waals surface area contributed by atoms with Gasteiger partial charge in [0.1, 0.15) is 0 Å². The van der Waals surface area contributed by atoms with Gasteiger partial charge in [0.15, 0.2) is 8.68 Å². The molecule has 1 aromatic heterocycles. The van der Waals surface area contributed by atoms with Crippen LogP contribution in [0.5, 0.6) is 0 Å². The zero-order valence-corrected chi connectivity index (χ0v) is 13.8. The predicted octanol–water partition coefficient (Wildman–Crippen LogP) is 4.57. The SMILES string of the molecule is CC(C)c1ccc(CSc2nnc(SCC#N)s2)cc1. The zero-order chi connectivity index (χ0) is 14.4. The van der Waals surface area contributed by atoms with Gasteiger partial charge in [-0.3, -0.25) is 0 Å². The van der Waals surface area contributed by atoms with Gasteiger partial charge in [-0.05, 0) is 17.0 Å². The van der Waals surface area contributed by atoms with E-state index in [4.69, 9.17) is 5.26 Å². The van der Waals surface area contributed by atoms with Crippen LogP contribution in [0.2, 0.25) is 0 Å². The molecule has 1 heterocycles. The highest BCUT2D eigenvalue weighted by Crippen LogP contribution is 2.30. The Morgan fingerprint density at radius 1 is 1.15 bits per heavy atom. The third kappa shape index (κ3) is 4.51. The van der Waals surface area contributed by atoms with Gasteiger partial charge >= 0.3 is 0 Å². The molecule has 0 atom stereocenters. The van der Waals surface area contributed by atoms with E-state index in [-0.39, 0.29) is 0 Å². The number of hydrogen-bond donors (Lipinski definition) is 0. The highest BCUT2D eigenvalue weighted by Gasteiger charge is 2.06. The minimum atomic E-state index is 0.427. The summed E-state index contributed by atoms with van der Waals surface area (Å²) in [6, 6.07) is 10.8. The molecule has 0 N–H and O–H groups in total. The van der Waals surface area contributed by atoms with Gasteiger partial charge in [0.2, 0.25) is 0 Å². The molecule has 0 saturated heterocycles. The molecule has 0 aliphatic heterocycles. The molecule has 0 bridgehead atoms. The van der Waals surface area contributed by atoms with Crippen LogP contribution in [-0.4, -0.2) is 16.0 Å². The first-order valence-electron chi connectivity index (χ1n) is 6.24. The Morgan fingerprint density at radius 3 is 2.40 bits per heavy atom. The van der Waals surface area contributed by atoms with Crippen molar-refractivity contribution >= 4 is 34.9 Å². The summed E-state index contributed by atoms with van der Waals surface area (Å²) in [5.74, 6) is 1.89. The highest BCUT2D eigenvalue weighted by atomic mass is 32.2. The molecule has 0 unspecified atom stereocenters. The molecule has 0 saturated carbocycles. The summed E-state index contributed by atoms with van der Waals surface area (Å²) in [4.78, 5) is 0. The van der Waals surface area contributed by atoms with Gasteiger partial charge < -0.3 is 0 Å². The molecule has 3 nitrogen and oxygen atoms in total. The molecule has 0 spiro atoms. The average Bonchev–Trinajstić information content (AvgIpc) is 2.91. The van der Waals surface area contributed by atoms with Crippen LogP contribution in [0.4, 0.5) is 0 Å². The number of nitriles is 1. The van der Waals surface area contributed by atoms with Crippen molar-refractivity contribution in [2.45, 2.75) is 34.2 Å². The number of benzene rings is 1. The number of nitrogens with zero attached hydrogens (tertiary/aromatic N) is 3. The Bertz CT molecular complexity index is 584. The Balaban J connectivity index is 1.88. The molecule has 0 fully saturated rings. The summed E-state index contributed by atoms with van der Waals surface area (Å²) in [5, 5.41) is 16.7. The van der Waals surface area contributed by atoms with Crippen LogP contribution < -0.4 is 0 Å². The van der Waals surface area contributed by atoms with E-state index in [0.717, 1.165) is 14.4 Å². The van der Waals surface area contributed by atoms with Gasteiger partial charge in [-0.1, -0.05) is 73.0 Å². The van der Waals surface area contributed by atoms with E-state index in [0.29, 0.717) is 11.7 Å². The summed E-state index contributed by atoms with van der Waals surface area (Å²) in [6.07, 6.45) is 0. The quantitative estimate of drug-likeness (QED) is 0.729. The normalized spacial score (nSPS) is 10.7. The van der Waals surface area contributed by atoms with Crippen LogP contribution in [-0.2, 0) is 5.75 Å². The van der Waals surface area contributed by atoms with Crippen LogP contribution in [0.15, 0.2) is 32.9 Å². The van der Waals surface area contributed by atoms with E-state index in [1.54, 1.807) is 23.1 Å². The van der Waals surface area contributed by atoms with Gasteiger partial charge in [0.05, 0.1) is 11.8 Å². The third-order valence-electron chi connectivity index (χ3n) is 2.66. The molecule has 0 amide bonds. The van der Waals surface area contributed by atoms with Crippen molar-refractivity contribution < 1.29 is 0 Å². The monoisotopic (exact) mass is 321 g/mol. The average molecular weight is 321 g/mol. The van der Waals surface area contributed by atoms with Gasteiger partial charge in [-0.2, -0.15) is 5.26 Å². The minimum absolute atomic E-state index is 0.427. The van der Waals surface area contributed by atoms with Crippen LogP contribution in [0.25, 0.3) is 0 Å². The third-order valence-corrected chi connectivity index (χ3v) is 5.78. The Morgan fingerprint density at radius 2 is 1.80 bits per heavy atom. The molecule has 0 radical (unpaired) electrons. The fourth-order valence-corrected chi connectivity index (χ4v) is 4.19. The van der Waals surface area contributed by atoms with Crippen molar-refractivity contribution in [3.63, 3.8) is 0 Å². The highest BCUT2D eigenvalue weighted by molar-refractivity contribution is 8.03. The smallest absolute Gasteiger partial charge is 0.176 e. The molecule has 2 rings (SSSR count). The second kappa shape index (κ2) is 7.67. The van der Waals surface area contributed by atoms with Gasteiger partial charge in [0, 0.05) is 5.75 Å². The Labute approximate surface area is 131 Å². The van der Waals surface area contributed by atoms with E-state index in [1.807, 2.05) is 0 Å².